The van der Waals surface area contributed by atoms with Crippen molar-refractivity contribution in [1.82, 2.24) is 14.8 Å². The molecule has 2 aliphatic rings. The minimum atomic E-state index is -0.257. The number of amides is 1. The fraction of sp³-hybridized carbons (Fsp3) is 0.294. The number of carbonyl (C=O) groups is 1. The summed E-state index contributed by atoms with van der Waals surface area (Å²) in [5, 5.41) is 0. The molecule has 0 radical (unpaired) electrons. The maximum Gasteiger partial charge on any atom is 0.253 e. The van der Waals surface area contributed by atoms with Gasteiger partial charge in [0.2, 0.25) is 0 Å². The molecule has 3 heterocycles. The second-order valence-electron chi connectivity index (χ2n) is 10.8. The van der Waals surface area contributed by atoms with Gasteiger partial charge in [0, 0.05) is 70.4 Å². The summed E-state index contributed by atoms with van der Waals surface area (Å²) in [7, 11) is 0. The zero-order valence-corrected chi connectivity index (χ0v) is 23.2. The van der Waals surface area contributed by atoms with Crippen molar-refractivity contribution < 1.29 is 13.9 Å². The SMILES string of the molecule is O=C(c1ccc(-c2ccc(F)cc2)cc1)N1CCC(Oc2cccc(CN3CCN(c4ccccn4)CC3)c2)CC1. The monoisotopic (exact) mass is 550 g/mol. The Bertz CT molecular complexity index is 1430. The second kappa shape index (κ2) is 12.5. The predicted octanol–water partition coefficient (Wildman–Crippen LogP) is 5.89. The molecule has 2 fully saturated rings. The maximum atomic E-state index is 13.2. The smallest absolute Gasteiger partial charge is 0.253 e. The highest BCUT2D eigenvalue weighted by Crippen LogP contribution is 2.24. The molecule has 4 aromatic rings. The number of piperidine rings is 1. The highest BCUT2D eigenvalue weighted by molar-refractivity contribution is 5.94. The lowest BCUT2D eigenvalue weighted by atomic mass is 10.0. The van der Waals surface area contributed by atoms with Crippen molar-refractivity contribution in [2.75, 3.05) is 44.2 Å². The van der Waals surface area contributed by atoms with Crippen LogP contribution in [0.1, 0.15) is 28.8 Å². The van der Waals surface area contributed by atoms with Gasteiger partial charge in [-0.25, -0.2) is 9.37 Å². The van der Waals surface area contributed by atoms with Gasteiger partial charge in [-0.3, -0.25) is 9.69 Å². The molecule has 6 rings (SSSR count). The van der Waals surface area contributed by atoms with Crippen LogP contribution in [0.15, 0.2) is 97.2 Å². The Morgan fingerprint density at radius 3 is 2.20 bits per heavy atom. The normalized spacial score (nSPS) is 16.5. The van der Waals surface area contributed by atoms with Crippen LogP contribution in [0, 0.1) is 5.82 Å². The summed E-state index contributed by atoms with van der Waals surface area (Å²) in [5.41, 5.74) is 3.81. The van der Waals surface area contributed by atoms with E-state index in [9.17, 15) is 9.18 Å². The number of benzene rings is 3. The molecule has 0 N–H and O–H groups in total. The zero-order chi connectivity index (χ0) is 28.0. The summed E-state index contributed by atoms with van der Waals surface area (Å²) in [6, 6.07) is 28.4. The topological polar surface area (TPSA) is 48.9 Å². The first kappa shape index (κ1) is 27.0. The van der Waals surface area contributed by atoms with Gasteiger partial charge in [0.05, 0.1) is 0 Å². The Balaban J connectivity index is 0.973. The van der Waals surface area contributed by atoms with Crippen LogP contribution >= 0.6 is 0 Å². The third-order valence-corrected chi connectivity index (χ3v) is 7.99. The number of carbonyl (C=O) groups excluding carboxylic acids is 1. The maximum absolute atomic E-state index is 13.2. The van der Waals surface area contributed by atoms with Crippen molar-refractivity contribution >= 4 is 11.7 Å². The number of anilines is 1. The minimum absolute atomic E-state index is 0.0410. The van der Waals surface area contributed by atoms with Crippen LogP contribution in [0.25, 0.3) is 11.1 Å². The summed E-state index contributed by atoms with van der Waals surface area (Å²) in [6.07, 6.45) is 3.56. The molecule has 3 aromatic carbocycles. The molecule has 0 atom stereocenters. The van der Waals surface area contributed by atoms with Gasteiger partial charge in [-0.05, 0) is 65.2 Å². The van der Waals surface area contributed by atoms with Crippen molar-refractivity contribution in [2.24, 2.45) is 0 Å². The summed E-state index contributed by atoms with van der Waals surface area (Å²) >= 11 is 0. The van der Waals surface area contributed by atoms with Gasteiger partial charge in [0.1, 0.15) is 23.5 Å². The summed E-state index contributed by atoms with van der Waals surface area (Å²) in [6.45, 7) is 6.20. The number of nitrogens with zero attached hydrogens (tertiary/aromatic N) is 4. The van der Waals surface area contributed by atoms with Crippen LogP contribution in [0.3, 0.4) is 0 Å². The molecule has 0 bridgehead atoms. The standard InChI is InChI=1S/C34H35FN4O2/c35-30-13-11-28(12-14-30)27-7-9-29(10-8-27)34(40)39-18-15-31(16-19-39)41-32-5-3-4-26(24-32)25-37-20-22-38(23-21-37)33-6-1-2-17-36-33/h1-14,17,24,31H,15-16,18-23,25H2. The Hall–Kier alpha value is -4.23. The van der Waals surface area contributed by atoms with E-state index in [0.29, 0.717) is 18.7 Å². The molecule has 2 aliphatic heterocycles. The molecule has 41 heavy (non-hydrogen) atoms. The lowest BCUT2D eigenvalue weighted by molar-refractivity contribution is 0.0595. The number of piperazine rings is 1. The largest absolute Gasteiger partial charge is 0.490 e. The number of ether oxygens (including phenoxy) is 1. The Morgan fingerprint density at radius 2 is 1.51 bits per heavy atom. The summed E-state index contributed by atoms with van der Waals surface area (Å²) in [5.74, 6) is 1.73. The molecule has 7 heteroatoms. The number of likely N-dealkylation sites (tertiary alicyclic amines) is 1. The van der Waals surface area contributed by atoms with Crippen molar-refractivity contribution in [3.05, 3.63) is 114 Å². The molecule has 0 unspecified atom stereocenters. The van der Waals surface area contributed by atoms with Gasteiger partial charge in [0.15, 0.2) is 0 Å². The molecule has 0 saturated carbocycles. The van der Waals surface area contributed by atoms with Crippen LogP contribution in [0.5, 0.6) is 5.75 Å². The number of hydrogen-bond donors (Lipinski definition) is 0. The highest BCUT2D eigenvalue weighted by Gasteiger charge is 2.25. The van der Waals surface area contributed by atoms with Crippen LogP contribution in [-0.2, 0) is 6.54 Å². The third kappa shape index (κ3) is 6.74. The lowest BCUT2D eigenvalue weighted by Gasteiger charge is -2.35. The third-order valence-electron chi connectivity index (χ3n) is 7.99. The first-order valence-corrected chi connectivity index (χ1v) is 14.4. The van der Waals surface area contributed by atoms with Gasteiger partial charge in [-0.1, -0.05) is 42.5 Å². The van der Waals surface area contributed by atoms with E-state index in [0.717, 1.165) is 68.3 Å². The average Bonchev–Trinajstić information content (AvgIpc) is 3.03. The van der Waals surface area contributed by atoms with Gasteiger partial charge in [-0.15, -0.1) is 0 Å². The Labute approximate surface area is 241 Å². The fourth-order valence-corrected chi connectivity index (χ4v) is 5.65. The molecule has 1 aromatic heterocycles. The molecule has 210 valence electrons. The first-order chi connectivity index (χ1) is 20.1. The zero-order valence-electron chi connectivity index (χ0n) is 23.2. The van der Waals surface area contributed by atoms with E-state index in [2.05, 4.69) is 39.0 Å². The molecule has 0 aliphatic carbocycles. The number of hydrogen-bond acceptors (Lipinski definition) is 5. The van der Waals surface area contributed by atoms with Crippen molar-refractivity contribution in [2.45, 2.75) is 25.5 Å². The van der Waals surface area contributed by atoms with Crippen molar-refractivity contribution in [3.63, 3.8) is 0 Å². The molecule has 0 spiro atoms. The molecular weight excluding hydrogens is 515 g/mol. The molecular formula is C34H35FN4O2. The predicted molar refractivity (Wildman–Crippen MR) is 160 cm³/mol. The lowest BCUT2D eigenvalue weighted by Crippen LogP contribution is -2.46. The van der Waals surface area contributed by atoms with Crippen LogP contribution in [0.4, 0.5) is 10.2 Å². The number of halogens is 1. The van der Waals surface area contributed by atoms with E-state index in [1.165, 1.54) is 17.7 Å². The van der Waals surface area contributed by atoms with Gasteiger partial charge < -0.3 is 14.5 Å². The van der Waals surface area contributed by atoms with Gasteiger partial charge in [-0.2, -0.15) is 0 Å². The van der Waals surface area contributed by atoms with Gasteiger partial charge >= 0.3 is 0 Å². The van der Waals surface area contributed by atoms with E-state index < -0.39 is 0 Å². The molecule has 2 saturated heterocycles. The van der Waals surface area contributed by atoms with Crippen LogP contribution < -0.4 is 9.64 Å². The Morgan fingerprint density at radius 1 is 0.805 bits per heavy atom. The average molecular weight is 551 g/mol. The van der Waals surface area contributed by atoms with E-state index in [-0.39, 0.29) is 17.8 Å². The number of aromatic nitrogens is 1. The van der Waals surface area contributed by atoms with Crippen LogP contribution in [-0.4, -0.2) is 66.1 Å². The number of rotatable bonds is 7. The van der Waals surface area contributed by atoms with E-state index >= 15 is 0 Å². The molecule has 6 nitrogen and oxygen atoms in total. The van der Waals surface area contributed by atoms with Crippen molar-refractivity contribution in [3.8, 4) is 16.9 Å². The van der Waals surface area contributed by atoms with Crippen molar-refractivity contribution in [1.29, 1.82) is 0 Å². The van der Waals surface area contributed by atoms with Gasteiger partial charge in [0.25, 0.3) is 5.91 Å². The highest BCUT2D eigenvalue weighted by atomic mass is 19.1. The minimum Gasteiger partial charge on any atom is -0.490 e. The summed E-state index contributed by atoms with van der Waals surface area (Å²) < 4.78 is 19.6. The quantitative estimate of drug-likeness (QED) is 0.287. The van der Waals surface area contributed by atoms with Crippen LogP contribution in [0.2, 0.25) is 0 Å². The first-order valence-electron chi connectivity index (χ1n) is 14.4. The molecule has 1 amide bonds. The fourth-order valence-electron chi connectivity index (χ4n) is 5.65. The second-order valence-corrected chi connectivity index (χ2v) is 10.8. The van der Waals surface area contributed by atoms with E-state index in [1.54, 1.807) is 12.1 Å². The summed E-state index contributed by atoms with van der Waals surface area (Å²) in [4.78, 5) is 24.3. The number of pyridine rings is 1. The van der Waals surface area contributed by atoms with E-state index in [1.807, 2.05) is 53.6 Å². The Kier molecular flexibility index (Phi) is 8.23. The van der Waals surface area contributed by atoms with E-state index in [4.69, 9.17) is 4.74 Å².